The molecule has 0 unspecified atom stereocenters. The zero-order valence-corrected chi connectivity index (χ0v) is 18.3. The van der Waals surface area contributed by atoms with Gasteiger partial charge in [-0.2, -0.15) is 0 Å². The Morgan fingerprint density at radius 1 is 1.15 bits per heavy atom. The fraction of sp³-hybridized carbons (Fsp3) is 0.240. The third kappa shape index (κ3) is 4.59. The van der Waals surface area contributed by atoms with Crippen LogP contribution in [0, 0.1) is 6.92 Å². The molecule has 1 atom stereocenters. The molecule has 8 nitrogen and oxygen atoms in total. The van der Waals surface area contributed by atoms with Gasteiger partial charge < -0.3 is 24.6 Å². The van der Waals surface area contributed by atoms with Gasteiger partial charge in [-0.1, -0.05) is 25.1 Å². The third-order valence-electron chi connectivity index (χ3n) is 5.67. The summed E-state index contributed by atoms with van der Waals surface area (Å²) in [5.74, 6) is -1.31. The first-order valence-corrected chi connectivity index (χ1v) is 10.6. The van der Waals surface area contributed by atoms with E-state index in [1.165, 1.54) is 6.07 Å². The average molecular weight is 448 g/mol. The van der Waals surface area contributed by atoms with Crippen LogP contribution in [-0.4, -0.2) is 34.6 Å². The number of carboxylic acid groups (broad SMARTS) is 1. The molecule has 2 aromatic heterocycles. The Morgan fingerprint density at radius 3 is 2.70 bits per heavy atom. The van der Waals surface area contributed by atoms with Crippen molar-refractivity contribution in [2.75, 3.05) is 6.61 Å². The molecule has 2 aromatic carbocycles. The largest absolute Gasteiger partial charge is 0.483 e. The molecule has 4 aromatic rings. The van der Waals surface area contributed by atoms with Gasteiger partial charge in [0, 0.05) is 40.5 Å². The van der Waals surface area contributed by atoms with E-state index in [0.29, 0.717) is 23.3 Å². The van der Waals surface area contributed by atoms with Gasteiger partial charge >= 0.3 is 11.6 Å². The smallest absolute Gasteiger partial charge is 0.336 e. The lowest BCUT2D eigenvalue weighted by Gasteiger charge is -2.16. The van der Waals surface area contributed by atoms with Crippen LogP contribution in [0.2, 0.25) is 0 Å². The van der Waals surface area contributed by atoms with Crippen LogP contribution < -0.4 is 15.7 Å². The molecule has 170 valence electrons. The summed E-state index contributed by atoms with van der Waals surface area (Å²) in [5, 5.41) is 13.9. The highest BCUT2D eigenvalue weighted by atomic mass is 16.5. The summed E-state index contributed by atoms with van der Waals surface area (Å²) in [7, 11) is 0. The molecule has 0 fully saturated rings. The number of benzene rings is 2. The Hall–Kier alpha value is -4.07. The van der Waals surface area contributed by atoms with E-state index in [1.54, 1.807) is 25.3 Å². The summed E-state index contributed by atoms with van der Waals surface area (Å²) in [6.45, 7) is 3.32. The maximum Gasteiger partial charge on any atom is 0.336 e. The number of para-hydroxylation sites is 1. The van der Waals surface area contributed by atoms with Crippen molar-refractivity contribution in [2.24, 2.45) is 0 Å². The lowest BCUT2D eigenvalue weighted by atomic mass is 10.0. The van der Waals surface area contributed by atoms with Gasteiger partial charge in [-0.25, -0.2) is 9.59 Å². The Kier molecular flexibility index (Phi) is 6.17. The molecule has 4 rings (SSSR count). The molecule has 0 saturated heterocycles. The minimum Gasteiger partial charge on any atom is -0.483 e. The number of nitrogens with one attached hydrogen (secondary N) is 2. The number of carbonyl (C=O) groups is 2. The molecule has 0 aliphatic heterocycles. The number of hydrogen-bond donors (Lipinski definition) is 3. The van der Waals surface area contributed by atoms with Gasteiger partial charge in [-0.15, -0.1) is 0 Å². The van der Waals surface area contributed by atoms with Crippen LogP contribution >= 0.6 is 0 Å². The number of carboxylic acids is 1. The van der Waals surface area contributed by atoms with E-state index < -0.39 is 23.5 Å². The number of aryl methyl sites for hydroxylation is 2. The van der Waals surface area contributed by atoms with Crippen LogP contribution in [0.15, 0.2) is 57.9 Å². The second-order valence-corrected chi connectivity index (χ2v) is 7.82. The minimum absolute atomic E-state index is 0.130. The molecule has 8 heteroatoms. The van der Waals surface area contributed by atoms with Crippen molar-refractivity contribution in [3.8, 4) is 5.75 Å². The van der Waals surface area contributed by atoms with Gasteiger partial charge in [0.05, 0.1) is 0 Å². The molecular formula is C25H24N2O6. The predicted octanol–water partition coefficient (Wildman–Crippen LogP) is 3.34. The summed E-state index contributed by atoms with van der Waals surface area (Å²) < 4.78 is 11.0. The van der Waals surface area contributed by atoms with E-state index in [0.717, 1.165) is 27.4 Å². The third-order valence-corrected chi connectivity index (χ3v) is 5.67. The van der Waals surface area contributed by atoms with Crippen molar-refractivity contribution < 1.29 is 23.8 Å². The summed E-state index contributed by atoms with van der Waals surface area (Å²) >= 11 is 0. The van der Waals surface area contributed by atoms with Crippen LogP contribution in [0.25, 0.3) is 21.9 Å². The van der Waals surface area contributed by atoms with E-state index in [2.05, 4.69) is 10.3 Å². The quantitative estimate of drug-likeness (QED) is 0.356. The van der Waals surface area contributed by atoms with Crippen molar-refractivity contribution in [1.82, 2.24) is 10.3 Å². The minimum atomic E-state index is -1.13. The normalized spacial score (nSPS) is 12.1. The highest BCUT2D eigenvalue weighted by Gasteiger charge is 2.22. The highest BCUT2D eigenvalue weighted by molar-refractivity contribution is 5.88. The number of H-pyrrole nitrogens is 1. The molecule has 0 bridgehead atoms. The number of ether oxygens (including phenoxy) is 1. The molecule has 2 heterocycles. The van der Waals surface area contributed by atoms with Gasteiger partial charge in [-0.05, 0) is 42.7 Å². The molecule has 0 saturated carbocycles. The van der Waals surface area contributed by atoms with E-state index in [4.69, 9.17) is 9.15 Å². The molecule has 1 amide bonds. The SMILES string of the molecule is CCc1cc(=O)oc2c(C)c(OCC(=O)N[C@@H](Cc3c[nH]c4ccccc34)C(=O)O)ccc12. The molecule has 3 N–H and O–H groups in total. The Bertz CT molecular complexity index is 1400. The van der Waals surface area contributed by atoms with E-state index in [9.17, 15) is 19.5 Å². The molecule has 0 radical (unpaired) electrons. The Balaban J connectivity index is 1.46. The first-order chi connectivity index (χ1) is 15.9. The number of aliphatic carboxylic acids is 1. The Labute approximate surface area is 189 Å². The number of carbonyl (C=O) groups excluding carboxylic acids is 1. The number of aromatic nitrogens is 1. The number of fused-ring (bicyclic) bond motifs is 2. The first-order valence-electron chi connectivity index (χ1n) is 10.6. The first kappa shape index (κ1) is 22.1. The molecule has 0 spiro atoms. The van der Waals surface area contributed by atoms with Crippen molar-refractivity contribution in [1.29, 1.82) is 0 Å². The molecule has 0 aliphatic carbocycles. The summed E-state index contributed by atoms with van der Waals surface area (Å²) in [4.78, 5) is 39.2. The number of aromatic amines is 1. The summed E-state index contributed by atoms with van der Waals surface area (Å²) in [5.41, 5.74) is 3.14. The van der Waals surface area contributed by atoms with Crippen LogP contribution in [-0.2, 0) is 22.4 Å². The van der Waals surface area contributed by atoms with Crippen LogP contribution in [0.3, 0.4) is 0 Å². The van der Waals surface area contributed by atoms with Crippen LogP contribution in [0.4, 0.5) is 0 Å². The van der Waals surface area contributed by atoms with Gasteiger partial charge in [-0.3, -0.25) is 4.79 Å². The highest BCUT2D eigenvalue weighted by Crippen LogP contribution is 2.28. The van der Waals surface area contributed by atoms with Gasteiger partial charge in [0.2, 0.25) is 0 Å². The van der Waals surface area contributed by atoms with Gasteiger partial charge in [0.15, 0.2) is 6.61 Å². The monoisotopic (exact) mass is 448 g/mol. The molecule has 33 heavy (non-hydrogen) atoms. The van der Waals surface area contributed by atoms with Gasteiger partial charge in [0.1, 0.15) is 17.4 Å². The number of amides is 1. The van der Waals surface area contributed by atoms with E-state index >= 15 is 0 Å². The molecule has 0 aliphatic rings. The lowest BCUT2D eigenvalue weighted by Crippen LogP contribution is -2.44. The fourth-order valence-electron chi connectivity index (χ4n) is 3.96. The van der Waals surface area contributed by atoms with Crippen molar-refractivity contribution >= 4 is 33.7 Å². The molecular weight excluding hydrogens is 424 g/mol. The number of hydrogen-bond acceptors (Lipinski definition) is 5. The Morgan fingerprint density at radius 2 is 1.94 bits per heavy atom. The number of rotatable bonds is 8. The lowest BCUT2D eigenvalue weighted by molar-refractivity contribution is -0.142. The predicted molar refractivity (Wildman–Crippen MR) is 124 cm³/mol. The van der Waals surface area contributed by atoms with Crippen LogP contribution in [0.1, 0.15) is 23.6 Å². The van der Waals surface area contributed by atoms with Gasteiger partial charge in [0.25, 0.3) is 5.91 Å². The van der Waals surface area contributed by atoms with Crippen molar-refractivity contribution in [3.63, 3.8) is 0 Å². The second-order valence-electron chi connectivity index (χ2n) is 7.82. The van der Waals surface area contributed by atoms with Crippen molar-refractivity contribution in [3.05, 3.63) is 75.8 Å². The summed E-state index contributed by atoms with van der Waals surface area (Å²) in [6.07, 6.45) is 2.56. The zero-order valence-electron chi connectivity index (χ0n) is 18.3. The maximum atomic E-state index is 12.5. The van der Waals surface area contributed by atoms with Crippen molar-refractivity contribution in [2.45, 2.75) is 32.7 Å². The summed E-state index contributed by atoms with van der Waals surface area (Å²) in [6, 6.07) is 11.4. The fourth-order valence-corrected chi connectivity index (χ4v) is 3.96. The second kappa shape index (κ2) is 9.20. The maximum absolute atomic E-state index is 12.5. The van der Waals surface area contributed by atoms with E-state index in [1.807, 2.05) is 31.2 Å². The standard InChI is InChI=1S/C25H24N2O6/c1-3-15-11-23(29)33-24-14(2)21(9-8-18(15)24)32-13-22(28)27-20(25(30)31)10-16-12-26-19-7-5-4-6-17(16)19/h4-9,11-12,20,26H,3,10,13H2,1-2H3,(H,27,28)(H,30,31)/t20-/m0/s1. The zero-order chi connectivity index (χ0) is 23.5. The average Bonchev–Trinajstić information content (AvgIpc) is 3.21. The topological polar surface area (TPSA) is 122 Å². The van der Waals surface area contributed by atoms with E-state index in [-0.39, 0.29) is 13.0 Å². The van der Waals surface area contributed by atoms with Crippen LogP contribution in [0.5, 0.6) is 5.75 Å².